The summed E-state index contributed by atoms with van der Waals surface area (Å²) >= 11 is 0. The summed E-state index contributed by atoms with van der Waals surface area (Å²) in [6.45, 7) is 12.3. The molecule has 5 rings (SSSR count). The number of ether oxygens (including phenoxy) is 3. The highest BCUT2D eigenvalue weighted by molar-refractivity contribution is 5.95. The number of nitrogens with zero attached hydrogens (tertiary/aromatic N) is 3. The molecule has 220 valence electrons. The van der Waals surface area contributed by atoms with Crippen LogP contribution in [-0.2, 0) is 19.1 Å². The zero-order chi connectivity index (χ0) is 29.3. The van der Waals surface area contributed by atoms with Gasteiger partial charge in [0.25, 0.3) is 5.91 Å². The van der Waals surface area contributed by atoms with Gasteiger partial charge >= 0.3 is 0 Å². The van der Waals surface area contributed by atoms with Gasteiger partial charge < -0.3 is 24.4 Å². The first-order valence-electron chi connectivity index (χ1n) is 13.7. The highest BCUT2D eigenvalue weighted by Gasteiger charge is 2.48. The molecule has 3 saturated heterocycles. The molecule has 4 heterocycles. The Morgan fingerprint density at radius 1 is 1.20 bits per heavy atom. The third-order valence-corrected chi connectivity index (χ3v) is 6.87. The van der Waals surface area contributed by atoms with Crippen molar-refractivity contribution in [3.63, 3.8) is 0 Å². The van der Waals surface area contributed by atoms with E-state index in [2.05, 4.69) is 15.2 Å². The third-order valence-electron chi connectivity index (χ3n) is 6.87. The van der Waals surface area contributed by atoms with Gasteiger partial charge in [-0.2, -0.15) is 4.39 Å². The van der Waals surface area contributed by atoms with Gasteiger partial charge in [0, 0.05) is 57.0 Å². The number of hydrogen-bond acceptors (Lipinski definition) is 7. The van der Waals surface area contributed by atoms with Gasteiger partial charge in [-0.05, 0) is 38.0 Å². The summed E-state index contributed by atoms with van der Waals surface area (Å²) in [7, 11) is 1.64. The summed E-state index contributed by atoms with van der Waals surface area (Å²) < 4.78 is 42.2. The normalized spacial score (nSPS) is 20.6. The predicted molar refractivity (Wildman–Crippen MR) is 148 cm³/mol. The van der Waals surface area contributed by atoms with E-state index in [0.29, 0.717) is 23.5 Å². The van der Waals surface area contributed by atoms with E-state index in [1.54, 1.807) is 25.4 Å². The van der Waals surface area contributed by atoms with E-state index in [1.165, 1.54) is 24.0 Å². The number of hydrogen-bond donors (Lipinski definition) is 1. The van der Waals surface area contributed by atoms with Crippen LogP contribution in [0.15, 0.2) is 36.5 Å². The maximum atomic E-state index is 13.3. The molecule has 0 saturated carbocycles. The second-order valence-electron chi connectivity index (χ2n) is 10.1. The molecule has 0 radical (unpaired) electrons. The second kappa shape index (κ2) is 14.5. The summed E-state index contributed by atoms with van der Waals surface area (Å²) in [6.07, 6.45) is 2.92. The number of rotatable bonds is 7. The highest BCUT2D eigenvalue weighted by atomic mass is 19.2. The van der Waals surface area contributed by atoms with Crippen molar-refractivity contribution in [2.45, 2.75) is 52.7 Å². The largest absolute Gasteiger partial charge is 0.489 e. The van der Waals surface area contributed by atoms with Crippen LogP contribution in [0.2, 0.25) is 0 Å². The molecule has 2 amide bonds. The van der Waals surface area contributed by atoms with Gasteiger partial charge in [0.1, 0.15) is 18.5 Å². The monoisotopic (exact) mass is 562 g/mol. The van der Waals surface area contributed by atoms with E-state index in [0.717, 1.165) is 51.8 Å². The number of aromatic nitrogens is 1. The first-order chi connectivity index (χ1) is 19.2. The fourth-order valence-electron chi connectivity index (χ4n) is 4.57. The van der Waals surface area contributed by atoms with Crippen LogP contribution in [0.1, 0.15) is 40.5 Å². The van der Waals surface area contributed by atoms with Crippen molar-refractivity contribution in [2.24, 2.45) is 5.41 Å². The summed E-state index contributed by atoms with van der Waals surface area (Å²) in [5.41, 5.74) is 0.987. The second-order valence-corrected chi connectivity index (χ2v) is 10.1. The van der Waals surface area contributed by atoms with Gasteiger partial charge in [-0.3, -0.25) is 14.5 Å². The third kappa shape index (κ3) is 8.18. The van der Waals surface area contributed by atoms with E-state index in [1.807, 2.05) is 20.8 Å². The van der Waals surface area contributed by atoms with Gasteiger partial charge in [0.15, 0.2) is 11.6 Å². The highest BCUT2D eigenvalue weighted by Crippen LogP contribution is 2.37. The number of halogens is 2. The van der Waals surface area contributed by atoms with E-state index in [9.17, 15) is 18.4 Å². The maximum absolute atomic E-state index is 13.3. The lowest BCUT2D eigenvalue weighted by molar-refractivity contribution is -0.189. The number of pyridine rings is 1. The molecular weight excluding hydrogens is 522 g/mol. The number of nitrogens with one attached hydrogen (secondary N) is 1. The van der Waals surface area contributed by atoms with Crippen molar-refractivity contribution >= 4 is 23.3 Å². The van der Waals surface area contributed by atoms with Crippen molar-refractivity contribution in [3.8, 4) is 5.75 Å². The average molecular weight is 563 g/mol. The number of anilines is 2. The molecule has 3 aliphatic rings. The molecule has 40 heavy (non-hydrogen) atoms. The van der Waals surface area contributed by atoms with Crippen molar-refractivity contribution < 1.29 is 32.6 Å². The van der Waals surface area contributed by atoms with Gasteiger partial charge in [-0.15, -0.1) is 0 Å². The van der Waals surface area contributed by atoms with Crippen LogP contribution < -0.4 is 15.0 Å². The minimum Gasteiger partial charge on any atom is -0.489 e. The van der Waals surface area contributed by atoms with Crippen LogP contribution in [-0.4, -0.2) is 80.4 Å². The zero-order valence-electron chi connectivity index (χ0n) is 23.9. The molecule has 3 aliphatic heterocycles. The van der Waals surface area contributed by atoms with Crippen LogP contribution in [0.5, 0.6) is 5.75 Å². The Kier molecular flexibility index (Phi) is 11.4. The summed E-state index contributed by atoms with van der Waals surface area (Å²) in [5, 5.41) is 2.80. The maximum Gasteiger partial charge on any atom is 0.253 e. The fraction of sp³-hybridized carbons (Fsp3) is 0.552. The molecule has 0 bridgehead atoms. The molecule has 1 N–H and O–H groups in total. The van der Waals surface area contributed by atoms with E-state index in [-0.39, 0.29) is 23.7 Å². The van der Waals surface area contributed by atoms with E-state index in [4.69, 9.17) is 14.2 Å². The van der Waals surface area contributed by atoms with Crippen molar-refractivity contribution in [1.29, 1.82) is 0 Å². The van der Waals surface area contributed by atoms with E-state index < -0.39 is 17.7 Å². The van der Waals surface area contributed by atoms with Crippen LogP contribution in [0.25, 0.3) is 0 Å². The van der Waals surface area contributed by atoms with E-state index >= 15 is 0 Å². The predicted octanol–water partition coefficient (Wildman–Crippen LogP) is 4.27. The summed E-state index contributed by atoms with van der Waals surface area (Å²) in [5.74, 6) is -1.58. The Balaban J connectivity index is 0.000000208. The molecule has 11 heteroatoms. The first kappa shape index (κ1) is 31.4. The van der Waals surface area contributed by atoms with Crippen LogP contribution >= 0.6 is 0 Å². The smallest absolute Gasteiger partial charge is 0.253 e. The number of amides is 2. The minimum atomic E-state index is -0.912. The average Bonchev–Trinajstić information content (AvgIpc) is 3.34. The Morgan fingerprint density at radius 2 is 1.93 bits per heavy atom. The molecule has 1 spiro atoms. The number of carbonyl (C=O) groups excluding carboxylic acids is 2. The Hall–Kier alpha value is -3.15. The summed E-state index contributed by atoms with van der Waals surface area (Å²) in [4.78, 5) is 31.1. The van der Waals surface area contributed by atoms with Crippen molar-refractivity contribution in [3.05, 3.63) is 48.2 Å². The van der Waals surface area contributed by atoms with Gasteiger partial charge in [-0.25, -0.2) is 9.37 Å². The molecule has 2 unspecified atom stereocenters. The number of likely N-dealkylation sites (tertiary alicyclic amines) is 1. The lowest BCUT2D eigenvalue weighted by Crippen LogP contribution is -2.66. The molecule has 0 aliphatic carbocycles. The molecule has 2 atom stereocenters. The summed E-state index contributed by atoms with van der Waals surface area (Å²) in [6, 6.07) is 7.32. The van der Waals surface area contributed by atoms with Crippen molar-refractivity contribution in [2.75, 3.05) is 56.7 Å². The standard InChI is InChI=1S/C14H19N3O3.C13H15F2NO2.C2H6/c1-9-4-5-12(20-9)14(19)16-11-6-7-15-13(8-11)17(3)10(2)18;14-10-2-1-3-11(12(10)15)18-5-4-16-6-13(7-16)8-17-9-13;1-2/h6-9,12H,4-5H2,1-3H3,(H,15,16,19);1-3H,4-9H2;1-2H3. The van der Waals surface area contributed by atoms with Gasteiger partial charge in [-0.1, -0.05) is 19.9 Å². The molecule has 1 aromatic heterocycles. The molecule has 2 aromatic rings. The van der Waals surface area contributed by atoms with Crippen molar-refractivity contribution in [1.82, 2.24) is 9.88 Å². The topological polar surface area (TPSA) is 93.2 Å². The number of carbonyl (C=O) groups is 2. The Labute approximate surface area is 234 Å². The molecule has 1 aromatic carbocycles. The lowest BCUT2D eigenvalue weighted by Gasteiger charge is -2.55. The minimum absolute atomic E-state index is 0.0165. The Morgan fingerprint density at radius 3 is 2.52 bits per heavy atom. The molecular formula is C29H40F2N4O5. The van der Waals surface area contributed by atoms with Crippen LogP contribution in [0.3, 0.4) is 0 Å². The zero-order valence-corrected chi connectivity index (χ0v) is 23.9. The first-order valence-corrected chi connectivity index (χ1v) is 13.7. The van der Waals surface area contributed by atoms with Crippen LogP contribution in [0.4, 0.5) is 20.3 Å². The fourth-order valence-corrected chi connectivity index (χ4v) is 4.57. The quantitative estimate of drug-likeness (QED) is 0.539. The number of benzene rings is 1. The van der Waals surface area contributed by atoms with Gasteiger partial charge in [0.05, 0.1) is 19.3 Å². The molecule has 3 fully saturated rings. The van der Waals surface area contributed by atoms with Gasteiger partial charge in [0.2, 0.25) is 11.7 Å². The SMILES string of the molecule is CC.CC(=O)N(C)c1cc(NC(=O)C2CCC(C)O2)ccn1.Fc1cccc(OCCN2CC3(COC3)C2)c1F. The van der Waals surface area contributed by atoms with Crippen LogP contribution in [0, 0.1) is 17.0 Å². The Bertz CT molecular complexity index is 1140. The molecule has 9 nitrogen and oxygen atoms in total. The lowest BCUT2D eigenvalue weighted by atomic mass is 9.78.